The number of ether oxygens (including phenoxy) is 2. The third kappa shape index (κ3) is 3.98. The summed E-state index contributed by atoms with van der Waals surface area (Å²) in [5.41, 5.74) is 1.85. The van der Waals surface area contributed by atoms with Crippen molar-refractivity contribution in [2.45, 2.75) is 32.8 Å². The summed E-state index contributed by atoms with van der Waals surface area (Å²) in [6, 6.07) is 5.66. The minimum absolute atomic E-state index is 0.0213. The minimum atomic E-state index is -1.27. The predicted molar refractivity (Wildman–Crippen MR) is 64.5 cm³/mol. The highest BCUT2D eigenvalue weighted by molar-refractivity contribution is 5.56. The van der Waals surface area contributed by atoms with E-state index in [1.54, 1.807) is 13.2 Å². The van der Waals surface area contributed by atoms with Crippen molar-refractivity contribution in [2.24, 2.45) is 0 Å². The first-order valence-electron chi connectivity index (χ1n) is 5.37. The second kappa shape index (κ2) is 5.08. The summed E-state index contributed by atoms with van der Waals surface area (Å²) in [6.07, 6.45) is -1.27. The van der Waals surface area contributed by atoms with Crippen LogP contribution < -0.4 is 4.74 Å². The maximum atomic E-state index is 10.4. The van der Waals surface area contributed by atoms with Gasteiger partial charge in [-0.05, 0) is 28.7 Å². The maximum Gasteiger partial charge on any atom is 0.506 e. The molecule has 4 heteroatoms. The Morgan fingerprint density at radius 3 is 2.41 bits per heavy atom. The van der Waals surface area contributed by atoms with Gasteiger partial charge in [0.05, 0.1) is 7.11 Å². The summed E-state index contributed by atoms with van der Waals surface area (Å²) < 4.78 is 9.75. The van der Waals surface area contributed by atoms with Gasteiger partial charge in [-0.15, -0.1) is 0 Å². The van der Waals surface area contributed by atoms with E-state index >= 15 is 0 Å². The van der Waals surface area contributed by atoms with Gasteiger partial charge < -0.3 is 14.6 Å². The van der Waals surface area contributed by atoms with Gasteiger partial charge in [0.25, 0.3) is 0 Å². The van der Waals surface area contributed by atoms with Crippen LogP contribution in [-0.4, -0.2) is 18.4 Å². The molecule has 1 rings (SSSR count). The summed E-state index contributed by atoms with van der Waals surface area (Å²) >= 11 is 0. The van der Waals surface area contributed by atoms with Crippen LogP contribution in [0, 0.1) is 0 Å². The van der Waals surface area contributed by atoms with E-state index in [1.807, 2.05) is 12.1 Å². The van der Waals surface area contributed by atoms with Crippen LogP contribution in [0.2, 0.25) is 0 Å². The molecule has 0 unspecified atom stereocenters. The number of rotatable bonds is 3. The third-order valence-electron chi connectivity index (χ3n) is 2.43. The molecule has 0 saturated heterocycles. The molecular formula is C13H18O4. The average Bonchev–Trinajstić information content (AvgIpc) is 2.24. The van der Waals surface area contributed by atoms with Crippen LogP contribution in [-0.2, 0) is 16.8 Å². The number of carboxylic acid groups (broad SMARTS) is 1. The molecule has 0 aliphatic rings. The van der Waals surface area contributed by atoms with Gasteiger partial charge in [-0.3, -0.25) is 0 Å². The van der Waals surface area contributed by atoms with Crippen molar-refractivity contribution in [3.05, 3.63) is 29.3 Å². The van der Waals surface area contributed by atoms with Gasteiger partial charge in [-0.2, -0.15) is 0 Å². The SMILES string of the molecule is COc1cc(COC(=O)O)cc(C(C)(C)C)c1. The molecule has 0 saturated carbocycles. The fourth-order valence-electron chi connectivity index (χ4n) is 1.44. The van der Waals surface area contributed by atoms with Crippen molar-refractivity contribution in [3.8, 4) is 5.75 Å². The first-order chi connectivity index (χ1) is 7.82. The van der Waals surface area contributed by atoms with Gasteiger partial charge in [-0.1, -0.05) is 26.8 Å². The smallest absolute Gasteiger partial charge is 0.497 e. The van der Waals surface area contributed by atoms with Crippen molar-refractivity contribution >= 4 is 6.16 Å². The highest BCUT2D eigenvalue weighted by Gasteiger charge is 2.16. The molecular weight excluding hydrogens is 220 g/mol. The zero-order chi connectivity index (χ0) is 13.1. The molecule has 4 nitrogen and oxygen atoms in total. The maximum absolute atomic E-state index is 10.4. The Labute approximate surface area is 101 Å². The lowest BCUT2D eigenvalue weighted by atomic mass is 9.86. The third-order valence-corrected chi connectivity index (χ3v) is 2.43. The molecule has 0 aliphatic heterocycles. The van der Waals surface area contributed by atoms with E-state index in [0.717, 1.165) is 11.1 Å². The monoisotopic (exact) mass is 238 g/mol. The van der Waals surface area contributed by atoms with Crippen molar-refractivity contribution in [1.29, 1.82) is 0 Å². The standard InChI is InChI=1S/C13H18O4/c1-13(2,3)10-5-9(8-17-12(14)15)6-11(7-10)16-4/h5-7H,8H2,1-4H3,(H,14,15). The fourth-order valence-corrected chi connectivity index (χ4v) is 1.44. The van der Waals surface area contributed by atoms with Gasteiger partial charge in [-0.25, -0.2) is 4.79 Å². The molecule has 0 radical (unpaired) electrons. The van der Waals surface area contributed by atoms with E-state index in [-0.39, 0.29) is 12.0 Å². The highest BCUT2D eigenvalue weighted by atomic mass is 16.7. The Morgan fingerprint density at radius 1 is 1.29 bits per heavy atom. The summed E-state index contributed by atoms with van der Waals surface area (Å²) in [5.74, 6) is 0.710. The van der Waals surface area contributed by atoms with Crippen molar-refractivity contribution in [2.75, 3.05) is 7.11 Å². The molecule has 1 aromatic rings. The second-order valence-corrected chi connectivity index (χ2v) is 4.87. The van der Waals surface area contributed by atoms with E-state index < -0.39 is 6.16 Å². The van der Waals surface area contributed by atoms with Crippen LogP contribution in [0.1, 0.15) is 31.9 Å². The molecule has 0 amide bonds. The lowest BCUT2D eigenvalue weighted by Gasteiger charge is -2.20. The van der Waals surface area contributed by atoms with Gasteiger partial charge in [0, 0.05) is 0 Å². The Bertz CT molecular complexity index is 404. The van der Waals surface area contributed by atoms with E-state index in [1.165, 1.54) is 0 Å². The van der Waals surface area contributed by atoms with Crippen molar-refractivity contribution < 1.29 is 19.4 Å². The van der Waals surface area contributed by atoms with Crippen LogP contribution in [0.4, 0.5) is 4.79 Å². The average molecular weight is 238 g/mol. The molecule has 1 aromatic carbocycles. The minimum Gasteiger partial charge on any atom is -0.497 e. The molecule has 0 aromatic heterocycles. The number of hydrogen-bond donors (Lipinski definition) is 1. The quantitative estimate of drug-likeness (QED) is 0.822. The molecule has 94 valence electrons. The lowest BCUT2D eigenvalue weighted by Crippen LogP contribution is -2.12. The largest absolute Gasteiger partial charge is 0.506 e. The lowest BCUT2D eigenvalue weighted by molar-refractivity contribution is 0.0853. The first-order valence-corrected chi connectivity index (χ1v) is 5.37. The van der Waals surface area contributed by atoms with Crippen LogP contribution in [0.25, 0.3) is 0 Å². The summed E-state index contributed by atoms with van der Waals surface area (Å²) in [4.78, 5) is 10.4. The van der Waals surface area contributed by atoms with E-state index in [4.69, 9.17) is 9.84 Å². The van der Waals surface area contributed by atoms with Crippen LogP contribution in [0.15, 0.2) is 18.2 Å². The second-order valence-electron chi connectivity index (χ2n) is 4.87. The van der Waals surface area contributed by atoms with E-state index in [2.05, 4.69) is 25.5 Å². The van der Waals surface area contributed by atoms with Crippen LogP contribution in [0.3, 0.4) is 0 Å². The van der Waals surface area contributed by atoms with Crippen molar-refractivity contribution in [3.63, 3.8) is 0 Å². The Balaban J connectivity index is 3.01. The fraction of sp³-hybridized carbons (Fsp3) is 0.462. The number of hydrogen-bond acceptors (Lipinski definition) is 3. The Hall–Kier alpha value is -1.71. The zero-order valence-corrected chi connectivity index (χ0v) is 10.6. The van der Waals surface area contributed by atoms with Gasteiger partial charge in [0.2, 0.25) is 0 Å². The molecule has 17 heavy (non-hydrogen) atoms. The number of carbonyl (C=O) groups is 1. The summed E-state index contributed by atoms with van der Waals surface area (Å²) in [5, 5.41) is 8.48. The van der Waals surface area contributed by atoms with E-state index in [9.17, 15) is 4.79 Å². The Kier molecular flexibility index (Phi) is 3.99. The molecule has 0 bridgehead atoms. The van der Waals surface area contributed by atoms with E-state index in [0.29, 0.717) is 5.75 Å². The first kappa shape index (κ1) is 13.4. The number of methoxy groups -OCH3 is 1. The topological polar surface area (TPSA) is 55.8 Å². The molecule has 0 fully saturated rings. The highest BCUT2D eigenvalue weighted by Crippen LogP contribution is 2.27. The Morgan fingerprint density at radius 2 is 1.94 bits per heavy atom. The van der Waals surface area contributed by atoms with Gasteiger partial charge in [0.1, 0.15) is 12.4 Å². The normalized spacial score (nSPS) is 11.1. The molecule has 0 spiro atoms. The number of benzene rings is 1. The summed E-state index contributed by atoms with van der Waals surface area (Å²) in [7, 11) is 1.59. The molecule has 1 N–H and O–H groups in total. The van der Waals surface area contributed by atoms with Crippen molar-refractivity contribution in [1.82, 2.24) is 0 Å². The zero-order valence-electron chi connectivity index (χ0n) is 10.6. The molecule has 0 heterocycles. The molecule has 0 aliphatic carbocycles. The van der Waals surface area contributed by atoms with Crippen LogP contribution in [0.5, 0.6) is 5.75 Å². The molecule has 0 atom stereocenters. The van der Waals surface area contributed by atoms with Gasteiger partial charge in [0.15, 0.2) is 0 Å². The predicted octanol–water partition coefficient (Wildman–Crippen LogP) is 3.19. The van der Waals surface area contributed by atoms with Gasteiger partial charge >= 0.3 is 6.16 Å². The van der Waals surface area contributed by atoms with Crippen LogP contribution >= 0.6 is 0 Å². The summed E-state index contributed by atoms with van der Waals surface area (Å²) in [6.45, 7) is 6.30.